The van der Waals surface area contributed by atoms with Crippen LogP contribution in [0.15, 0.2) is 28.7 Å². The summed E-state index contributed by atoms with van der Waals surface area (Å²) in [7, 11) is 0. The molecular formula is C11H10BrN5O3. The van der Waals surface area contributed by atoms with E-state index >= 15 is 0 Å². The summed E-state index contributed by atoms with van der Waals surface area (Å²) in [5, 5.41) is 10.8. The molecule has 0 aliphatic rings. The molecule has 8 nitrogen and oxygen atoms in total. The topological polar surface area (TPSA) is 116 Å². The van der Waals surface area contributed by atoms with Crippen LogP contribution in [0.1, 0.15) is 5.69 Å². The van der Waals surface area contributed by atoms with Gasteiger partial charge in [0, 0.05) is 17.8 Å². The van der Waals surface area contributed by atoms with Crippen molar-refractivity contribution in [2.24, 2.45) is 5.84 Å². The zero-order valence-corrected chi connectivity index (χ0v) is 11.9. The van der Waals surface area contributed by atoms with Crippen LogP contribution < -0.4 is 16.0 Å². The Hall–Kier alpha value is -2.26. The second-order valence-corrected chi connectivity index (χ2v) is 4.56. The van der Waals surface area contributed by atoms with E-state index in [-0.39, 0.29) is 27.7 Å². The van der Waals surface area contributed by atoms with E-state index in [4.69, 9.17) is 10.6 Å². The first-order valence-electron chi connectivity index (χ1n) is 5.44. The lowest BCUT2D eigenvalue weighted by atomic mass is 10.3. The summed E-state index contributed by atoms with van der Waals surface area (Å²) in [5.74, 6) is 5.95. The molecule has 3 N–H and O–H groups in total. The predicted molar refractivity (Wildman–Crippen MR) is 75.4 cm³/mol. The van der Waals surface area contributed by atoms with Crippen molar-refractivity contribution < 1.29 is 9.66 Å². The van der Waals surface area contributed by atoms with Crippen molar-refractivity contribution in [1.29, 1.82) is 0 Å². The summed E-state index contributed by atoms with van der Waals surface area (Å²) in [6, 6.07) is 6.07. The Bertz CT molecular complexity index is 665. The Balaban J connectivity index is 2.37. The highest BCUT2D eigenvalue weighted by Crippen LogP contribution is 2.36. The molecule has 9 heteroatoms. The minimum atomic E-state index is -0.505. The number of benzene rings is 1. The number of aryl methyl sites for hydroxylation is 1. The number of rotatable bonds is 4. The number of nitrogens with zero attached hydrogens (tertiary/aromatic N) is 3. The van der Waals surface area contributed by atoms with E-state index in [0.29, 0.717) is 5.69 Å². The first-order chi connectivity index (χ1) is 9.51. The van der Waals surface area contributed by atoms with Crippen molar-refractivity contribution >= 4 is 27.6 Å². The lowest BCUT2D eigenvalue weighted by Crippen LogP contribution is -2.11. The van der Waals surface area contributed by atoms with Gasteiger partial charge in [-0.25, -0.2) is 10.8 Å². The van der Waals surface area contributed by atoms with Gasteiger partial charge in [-0.05, 0) is 28.9 Å². The number of nitro groups is 1. The Morgan fingerprint density at radius 3 is 2.85 bits per heavy atom. The van der Waals surface area contributed by atoms with Crippen LogP contribution in [0.3, 0.4) is 0 Å². The van der Waals surface area contributed by atoms with Gasteiger partial charge in [0.2, 0.25) is 11.8 Å². The van der Waals surface area contributed by atoms with Gasteiger partial charge in [0.15, 0.2) is 5.75 Å². The highest BCUT2D eigenvalue weighted by molar-refractivity contribution is 9.10. The molecule has 20 heavy (non-hydrogen) atoms. The first kappa shape index (κ1) is 14.2. The molecule has 2 aromatic rings. The lowest BCUT2D eigenvalue weighted by molar-refractivity contribution is -0.385. The maximum absolute atomic E-state index is 10.8. The summed E-state index contributed by atoms with van der Waals surface area (Å²) >= 11 is 3.14. The molecule has 0 atom stereocenters. The van der Waals surface area contributed by atoms with Crippen LogP contribution in [0.2, 0.25) is 0 Å². The minimum Gasteiger partial charge on any atom is -0.437 e. The average Bonchev–Trinajstić information content (AvgIpc) is 2.40. The number of aromatic nitrogens is 2. The molecule has 1 heterocycles. The van der Waals surface area contributed by atoms with Crippen LogP contribution >= 0.6 is 15.9 Å². The summed E-state index contributed by atoms with van der Waals surface area (Å²) in [6.45, 7) is 1.75. The van der Waals surface area contributed by atoms with E-state index in [1.54, 1.807) is 19.1 Å². The largest absolute Gasteiger partial charge is 0.437 e. The molecule has 0 saturated carbocycles. The van der Waals surface area contributed by atoms with E-state index in [2.05, 4.69) is 31.3 Å². The van der Waals surface area contributed by atoms with E-state index in [0.717, 1.165) is 0 Å². The number of hydrogen-bond donors (Lipinski definition) is 2. The fourth-order valence-corrected chi connectivity index (χ4v) is 1.98. The quantitative estimate of drug-likeness (QED) is 0.499. The van der Waals surface area contributed by atoms with E-state index in [1.165, 1.54) is 12.1 Å². The molecule has 0 spiro atoms. The van der Waals surface area contributed by atoms with Crippen molar-refractivity contribution in [1.82, 2.24) is 9.97 Å². The van der Waals surface area contributed by atoms with Gasteiger partial charge >= 0.3 is 0 Å². The Morgan fingerprint density at radius 1 is 1.45 bits per heavy atom. The Morgan fingerprint density at radius 2 is 2.20 bits per heavy atom. The highest BCUT2D eigenvalue weighted by Gasteiger charge is 2.17. The molecule has 0 aliphatic heterocycles. The van der Waals surface area contributed by atoms with Crippen molar-refractivity contribution in [3.05, 3.63) is 44.5 Å². The number of anilines is 1. The third-order valence-electron chi connectivity index (χ3n) is 2.31. The van der Waals surface area contributed by atoms with E-state index in [9.17, 15) is 10.1 Å². The number of hydrogen-bond acceptors (Lipinski definition) is 7. The fourth-order valence-electron chi connectivity index (χ4n) is 1.49. The van der Waals surface area contributed by atoms with Gasteiger partial charge in [-0.3, -0.25) is 15.5 Å². The zero-order chi connectivity index (χ0) is 14.7. The van der Waals surface area contributed by atoms with Crippen molar-refractivity contribution in [3.8, 4) is 11.6 Å². The maximum Gasteiger partial charge on any atom is 0.287 e. The van der Waals surface area contributed by atoms with Crippen LogP contribution in [0.25, 0.3) is 0 Å². The minimum absolute atomic E-state index is 0.0922. The summed E-state index contributed by atoms with van der Waals surface area (Å²) in [6.07, 6.45) is 0. The Kier molecular flexibility index (Phi) is 4.11. The van der Waals surface area contributed by atoms with Gasteiger partial charge in [0.05, 0.1) is 4.92 Å². The number of nitro benzene ring substituents is 1. The fraction of sp³-hybridized carbons (Fsp3) is 0.0909. The third kappa shape index (κ3) is 3.00. The van der Waals surface area contributed by atoms with Crippen molar-refractivity contribution in [3.63, 3.8) is 0 Å². The molecule has 1 aromatic heterocycles. The molecule has 0 radical (unpaired) electrons. The molecule has 0 bridgehead atoms. The van der Waals surface area contributed by atoms with Crippen molar-refractivity contribution in [2.75, 3.05) is 5.43 Å². The predicted octanol–water partition coefficient (Wildman–Crippen LogP) is 2.53. The molecule has 104 valence electrons. The number of halogens is 1. The summed E-state index contributed by atoms with van der Waals surface area (Å²) in [5.41, 5.74) is 2.87. The van der Waals surface area contributed by atoms with Crippen LogP contribution in [0, 0.1) is 17.0 Å². The monoisotopic (exact) mass is 339 g/mol. The summed E-state index contributed by atoms with van der Waals surface area (Å²) in [4.78, 5) is 18.4. The number of hydrazine groups is 1. The molecule has 1 aromatic carbocycles. The molecule has 0 saturated heterocycles. The van der Waals surface area contributed by atoms with Crippen LogP contribution in [-0.2, 0) is 0 Å². The van der Waals surface area contributed by atoms with E-state index < -0.39 is 4.92 Å². The van der Waals surface area contributed by atoms with Crippen LogP contribution in [-0.4, -0.2) is 14.9 Å². The van der Waals surface area contributed by atoms with E-state index in [1.807, 2.05) is 0 Å². The Labute approximate surface area is 122 Å². The maximum atomic E-state index is 10.8. The van der Waals surface area contributed by atoms with Gasteiger partial charge in [0.25, 0.3) is 5.69 Å². The SMILES string of the molecule is Cc1cc(Oc2cccc([N+](=O)[O-])c2Br)nc(NN)n1. The van der Waals surface area contributed by atoms with Crippen LogP contribution in [0.4, 0.5) is 11.6 Å². The first-order valence-corrected chi connectivity index (χ1v) is 6.23. The van der Waals surface area contributed by atoms with Crippen LogP contribution in [0.5, 0.6) is 11.6 Å². The molecule has 0 aliphatic carbocycles. The number of ether oxygens (including phenoxy) is 1. The zero-order valence-electron chi connectivity index (χ0n) is 10.3. The smallest absolute Gasteiger partial charge is 0.287 e. The van der Waals surface area contributed by atoms with Crippen molar-refractivity contribution in [2.45, 2.75) is 6.92 Å². The van der Waals surface area contributed by atoms with Gasteiger partial charge in [-0.1, -0.05) is 6.07 Å². The summed E-state index contributed by atoms with van der Waals surface area (Å²) < 4.78 is 5.76. The standard InChI is InChI=1S/C11H10BrN5O3/c1-6-5-9(15-11(14-6)16-13)20-8-4-2-3-7(10(8)12)17(18)19/h2-5H,13H2,1H3,(H,14,15,16). The molecule has 0 amide bonds. The lowest BCUT2D eigenvalue weighted by Gasteiger charge is -2.08. The second-order valence-electron chi connectivity index (χ2n) is 3.76. The highest BCUT2D eigenvalue weighted by atomic mass is 79.9. The van der Waals surface area contributed by atoms with Gasteiger partial charge in [0.1, 0.15) is 4.47 Å². The molecular weight excluding hydrogens is 330 g/mol. The average molecular weight is 340 g/mol. The number of nitrogens with two attached hydrogens (primary N) is 1. The van der Waals surface area contributed by atoms with Gasteiger partial charge in [-0.15, -0.1) is 0 Å². The molecule has 0 unspecified atom stereocenters. The molecule has 2 rings (SSSR count). The number of nitrogens with one attached hydrogen (secondary N) is 1. The number of nitrogen functional groups attached to an aromatic ring is 1. The normalized spacial score (nSPS) is 10.2. The van der Waals surface area contributed by atoms with Gasteiger partial charge in [-0.2, -0.15) is 4.98 Å². The second kappa shape index (κ2) is 5.80. The van der Waals surface area contributed by atoms with Gasteiger partial charge < -0.3 is 4.74 Å². The third-order valence-corrected chi connectivity index (χ3v) is 3.11. The molecule has 0 fully saturated rings.